The molecule has 0 radical (unpaired) electrons. The quantitative estimate of drug-likeness (QED) is 0.852. The summed E-state index contributed by atoms with van der Waals surface area (Å²) >= 11 is 0. The lowest BCUT2D eigenvalue weighted by molar-refractivity contribution is -0.141. The van der Waals surface area contributed by atoms with Gasteiger partial charge in [0.25, 0.3) is 0 Å². The third kappa shape index (κ3) is 4.31. The summed E-state index contributed by atoms with van der Waals surface area (Å²) in [6.07, 6.45) is -3.97. The molecule has 1 N–H and O–H groups in total. The van der Waals surface area contributed by atoms with E-state index in [-0.39, 0.29) is 5.82 Å². The van der Waals surface area contributed by atoms with Gasteiger partial charge in [0.2, 0.25) is 0 Å². The van der Waals surface area contributed by atoms with E-state index in [4.69, 9.17) is 9.47 Å². The lowest BCUT2D eigenvalue weighted by atomic mass is 10.1. The largest absolute Gasteiger partial charge is 0.493 e. The van der Waals surface area contributed by atoms with Crippen molar-refractivity contribution in [3.05, 3.63) is 47.2 Å². The standard InChI is InChI=1S/C17H19F3N2O2/c1-4-11-8-15(17(18,19)20)22-16(9-11)21-10-12-5-6-13(23-2)14(7-12)24-3/h5-9H,4,10H2,1-3H3,(H,21,22). The molecule has 0 fully saturated rings. The van der Waals surface area contributed by atoms with E-state index in [1.54, 1.807) is 25.1 Å². The zero-order valence-corrected chi connectivity index (χ0v) is 13.7. The van der Waals surface area contributed by atoms with Gasteiger partial charge in [-0.15, -0.1) is 0 Å². The molecule has 4 nitrogen and oxygen atoms in total. The van der Waals surface area contributed by atoms with Crippen LogP contribution in [0.3, 0.4) is 0 Å². The van der Waals surface area contributed by atoms with Crippen molar-refractivity contribution >= 4 is 5.82 Å². The molecule has 0 saturated carbocycles. The van der Waals surface area contributed by atoms with Crippen LogP contribution in [0.4, 0.5) is 19.0 Å². The van der Waals surface area contributed by atoms with Gasteiger partial charge in [0, 0.05) is 6.54 Å². The molecule has 7 heteroatoms. The first kappa shape index (κ1) is 17.9. The van der Waals surface area contributed by atoms with E-state index in [0.29, 0.717) is 30.0 Å². The maximum absolute atomic E-state index is 12.9. The third-order valence-electron chi connectivity index (χ3n) is 3.51. The molecule has 0 aliphatic carbocycles. The maximum Gasteiger partial charge on any atom is 0.433 e. The smallest absolute Gasteiger partial charge is 0.433 e. The van der Waals surface area contributed by atoms with Gasteiger partial charge >= 0.3 is 6.18 Å². The summed E-state index contributed by atoms with van der Waals surface area (Å²) in [6, 6.07) is 8.01. The van der Waals surface area contributed by atoms with Crippen molar-refractivity contribution in [2.45, 2.75) is 26.1 Å². The number of hydrogen-bond acceptors (Lipinski definition) is 4. The van der Waals surface area contributed by atoms with Gasteiger partial charge in [0.1, 0.15) is 11.5 Å². The molecule has 0 atom stereocenters. The first-order valence-electron chi connectivity index (χ1n) is 7.40. The van der Waals surface area contributed by atoms with E-state index < -0.39 is 11.9 Å². The molecule has 2 rings (SSSR count). The number of hydrogen-bond donors (Lipinski definition) is 1. The van der Waals surface area contributed by atoms with E-state index >= 15 is 0 Å². The van der Waals surface area contributed by atoms with Crippen LogP contribution < -0.4 is 14.8 Å². The van der Waals surface area contributed by atoms with E-state index in [0.717, 1.165) is 11.6 Å². The van der Waals surface area contributed by atoms with Gasteiger partial charge in [-0.1, -0.05) is 13.0 Å². The predicted octanol–water partition coefficient (Wildman–Crippen LogP) is 4.29. The number of benzene rings is 1. The number of nitrogens with one attached hydrogen (secondary N) is 1. The molecular weight excluding hydrogens is 321 g/mol. The van der Waals surface area contributed by atoms with Crippen LogP contribution in [0.25, 0.3) is 0 Å². The number of anilines is 1. The Morgan fingerprint density at radius 3 is 2.29 bits per heavy atom. The molecule has 0 saturated heterocycles. The van der Waals surface area contributed by atoms with Gasteiger partial charge in [-0.05, 0) is 41.8 Å². The van der Waals surface area contributed by atoms with Crippen LogP contribution in [0.5, 0.6) is 11.5 Å². The van der Waals surface area contributed by atoms with E-state index in [2.05, 4.69) is 10.3 Å². The Morgan fingerprint density at radius 1 is 1.00 bits per heavy atom. The van der Waals surface area contributed by atoms with Gasteiger partial charge < -0.3 is 14.8 Å². The molecular formula is C17H19F3N2O2. The average molecular weight is 340 g/mol. The fraction of sp³-hybridized carbons (Fsp3) is 0.353. The number of aryl methyl sites for hydroxylation is 1. The zero-order valence-electron chi connectivity index (χ0n) is 13.7. The number of nitrogens with zero attached hydrogens (tertiary/aromatic N) is 1. The lowest BCUT2D eigenvalue weighted by Crippen LogP contribution is -2.11. The molecule has 1 aromatic heterocycles. The molecule has 0 aliphatic heterocycles. The number of pyridine rings is 1. The molecule has 1 heterocycles. The van der Waals surface area contributed by atoms with E-state index in [1.807, 2.05) is 6.07 Å². The van der Waals surface area contributed by atoms with Gasteiger partial charge in [-0.25, -0.2) is 4.98 Å². The van der Waals surface area contributed by atoms with Crippen molar-refractivity contribution in [2.24, 2.45) is 0 Å². The first-order valence-corrected chi connectivity index (χ1v) is 7.40. The van der Waals surface area contributed by atoms with E-state index in [1.165, 1.54) is 14.2 Å². The number of rotatable bonds is 6. The highest BCUT2D eigenvalue weighted by Gasteiger charge is 2.33. The molecule has 1 aromatic carbocycles. The summed E-state index contributed by atoms with van der Waals surface area (Å²) in [5.74, 6) is 1.34. The fourth-order valence-electron chi connectivity index (χ4n) is 2.21. The van der Waals surface area contributed by atoms with Crippen LogP contribution in [0.1, 0.15) is 23.7 Å². The number of ether oxygens (including phenoxy) is 2. The lowest BCUT2D eigenvalue weighted by Gasteiger charge is -2.13. The Hall–Kier alpha value is -2.44. The minimum absolute atomic E-state index is 0.191. The number of methoxy groups -OCH3 is 2. The number of halogens is 3. The summed E-state index contributed by atoms with van der Waals surface area (Å²) in [4.78, 5) is 3.65. The molecule has 0 bridgehead atoms. The summed E-state index contributed by atoms with van der Waals surface area (Å²) in [5, 5.41) is 2.93. The van der Waals surface area contributed by atoms with Crippen molar-refractivity contribution in [3.8, 4) is 11.5 Å². The molecule has 0 spiro atoms. The highest BCUT2D eigenvalue weighted by Crippen LogP contribution is 2.30. The molecule has 130 valence electrons. The van der Waals surface area contributed by atoms with Crippen LogP contribution in [-0.2, 0) is 19.1 Å². The first-order chi connectivity index (χ1) is 11.4. The monoisotopic (exact) mass is 340 g/mol. The Balaban J connectivity index is 2.20. The van der Waals surface area contributed by atoms with Crippen molar-refractivity contribution in [2.75, 3.05) is 19.5 Å². The normalized spacial score (nSPS) is 11.2. The predicted molar refractivity (Wildman–Crippen MR) is 85.5 cm³/mol. The Bertz CT molecular complexity index is 703. The van der Waals surface area contributed by atoms with Crippen LogP contribution in [0.2, 0.25) is 0 Å². The SMILES string of the molecule is CCc1cc(NCc2ccc(OC)c(OC)c2)nc(C(F)(F)F)c1. The Labute approximate surface area is 138 Å². The fourth-order valence-corrected chi connectivity index (χ4v) is 2.21. The zero-order chi connectivity index (χ0) is 17.7. The van der Waals surface area contributed by atoms with Crippen molar-refractivity contribution < 1.29 is 22.6 Å². The molecule has 0 amide bonds. The minimum Gasteiger partial charge on any atom is -0.493 e. The van der Waals surface area contributed by atoms with Crippen molar-refractivity contribution in [1.82, 2.24) is 4.98 Å². The maximum atomic E-state index is 12.9. The van der Waals surface area contributed by atoms with Crippen molar-refractivity contribution in [1.29, 1.82) is 0 Å². The highest BCUT2D eigenvalue weighted by atomic mass is 19.4. The molecule has 0 unspecified atom stereocenters. The summed E-state index contributed by atoms with van der Waals surface area (Å²) in [5.41, 5.74) is 0.522. The van der Waals surface area contributed by atoms with Gasteiger partial charge in [0.05, 0.1) is 14.2 Å². The second-order valence-electron chi connectivity index (χ2n) is 5.14. The summed E-state index contributed by atoms with van der Waals surface area (Å²) < 4.78 is 49.1. The Morgan fingerprint density at radius 2 is 1.71 bits per heavy atom. The van der Waals surface area contributed by atoms with Crippen LogP contribution >= 0.6 is 0 Å². The molecule has 24 heavy (non-hydrogen) atoms. The molecule has 0 aliphatic rings. The van der Waals surface area contributed by atoms with Crippen LogP contribution in [0, 0.1) is 0 Å². The average Bonchev–Trinajstić information content (AvgIpc) is 2.58. The number of aromatic nitrogens is 1. The third-order valence-corrected chi connectivity index (χ3v) is 3.51. The van der Waals surface area contributed by atoms with E-state index in [9.17, 15) is 13.2 Å². The second kappa shape index (κ2) is 7.42. The molecule has 2 aromatic rings. The minimum atomic E-state index is -4.47. The topological polar surface area (TPSA) is 43.4 Å². The van der Waals surface area contributed by atoms with Gasteiger partial charge in [-0.2, -0.15) is 13.2 Å². The van der Waals surface area contributed by atoms with Crippen molar-refractivity contribution in [3.63, 3.8) is 0 Å². The number of alkyl halides is 3. The van der Waals surface area contributed by atoms with Gasteiger partial charge in [-0.3, -0.25) is 0 Å². The van der Waals surface area contributed by atoms with Gasteiger partial charge in [0.15, 0.2) is 11.5 Å². The van der Waals surface area contributed by atoms with Crippen LogP contribution in [0.15, 0.2) is 30.3 Å². The Kier molecular flexibility index (Phi) is 5.54. The second-order valence-corrected chi connectivity index (χ2v) is 5.14. The van der Waals surface area contributed by atoms with Crippen LogP contribution in [-0.4, -0.2) is 19.2 Å². The summed E-state index contributed by atoms with van der Waals surface area (Å²) in [7, 11) is 3.06. The summed E-state index contributed by atoms with van der Waals surface area (Å²) in [6.45, 7) is 2.12. The highest BCUT2D eigenvalue weighted by molar-refractivity contribution is 5.45.